The van der Waals surface area contributed by atoms with Crippen LogP contribution in [-0.2, 0) is 26.3 Å². The minimum Gasteiger partial charge on any atom is -0.307 e. The van der Waals surface area contributed by atoms with Crippen LogP contribution in [0.1, 0.15) is 17.0 Å². The smallest absolute Gasteiger partial charge is 0.307 e. The Morgan fingerprint density at radius 2 is 2.00 bits per heavy atom. The minimum atomic E-state index is -4.34. The van der Waals surface area contributed by atoms with Crippen LogP contribution in [-0.4, -0.2) is 9.78 Å². The SMILES string of the molecule is Cl.Cn1nc(C(F)(F)F)c2c1CNC2. The van der Waals surface area contributed by atoms with Gasteiger partial charge in [-0.15, -0.1) is 12.4 Å². The first-order valence-electron chi connectivity index (χ1n) is 3.83. The molecule has 0 saturated carbocycles. The molecule has 3 nitrogen and oxygen atoms in total. The maximum Gasteiger partial charge on any atom is 0.435 e. The van der Waals surface area contributed by atoms with E-state index < -0.39 is 11.9 Å². The number of aryl methyl sites for hydroxylation is 1. The lowest BCUT2D eigenvalue weighted by molar-refractivity contribution is -0.142. The third-order valence-electron chi connectivity index (χ3n) is 2.14. The third-order valence-corrected chi connectivity index (χ3v) is 2.14. The van der Waals surface area contributed by atoms with Crippen molar-refractivity contribution in [3.8, 4) is 0 Å². The molecular formula is C7H9ClF3N3. The summed E-state index contributed by atoms with van der Waals surface area (Å²) in [7, 11) is 1.53. The summed E-state index contributed by atoms with van der Waals surface area (Å²) in [6, 6.07) is 0. The average Bonchev–Trinajstić information content (AvgIpc) is 2.51. The molecule has 0 aromatic carbocycles. The molecule has 1 aliphatic heterocycles. The largest absolute Gasteiger partial charge is 0.435 e. The monoisotopic (exact) mass is 227 g/mol. The number of alkyl halides is 3. The maximum absolute atomic E-state index is 12.4. The Morgan fingerprint density at radius 1 is 1.36 bits per heavy atom. The van der Waals surface area contributed by atoms with E-state index in [1.54, 1.807) is 0 Å². The van der Waals surface area contributed by atoms with Crippen molar-refractivity contribution in [3.63, 3.8) is 0 Å². The highest BCUT2D eigenvalue weighted by atomic mass is 35.5. The lowest BCUT2D eigenvalue weighted by Gasteiger charge is -2.03. The van der Waals surface area contributed by atoms with Gasteiger partial charge >= 0.3 is 6.18 Å². The molecule has 7 heteroatoms. The van der Waals surface area contributed by atoms with Gasteiger partial charge in [0.1, 0.15) is 0 Å². The summed E-state index contributed by atoms with van der Waals surface area (Å²) in [6.45, 7) is 0.729. The zero-order valence-electron chi connectivity index (χ0n) is 7.35. The first-order chi connectivity index (χ1) is 6.00. The van der Waals surface area contributed by atoms with E-state index in [0.29, 0.717) is 12.2 Å². The van der Waals surface area contributed by atoms with Gasteiger partial charge in [0.05, 0.1) is 5.69 Å². The Morgan fingerprint density at radius 3 is 2.57 bits per heavy atom. The molecule has 2 rings (SSSR count). The first-order valence-corrected chi connectivity index (χ1v) is 3.83. The van der Waals surface area contributed by atoms with Gasteiger partial charge in [0.15, 0.2) is 5.69 Å². The van der Waals surface area contributed by atoms with E-state index >= 15 is 0 Å². The number of fused-ring (bicyclic) bond motifs is 1. The number of nitrogens with zero attached hydrogens (tertiary/aromatic N) is 2. The van der Waals surface area contributed by atoms with Gasteiger partial charge in [-0.2, -0.15) is 18.3 Å². The Hall–Kier alpha value is -0.750. The van der Waals surface area contributed by atoms with Crippen LogP contribution in [0.4, 0.5) is 13.2 Å². The topological polar surface area (TPSA) is 29.9 Å². The fraction of sp³-hybridized carbons (Fsp3) is 0.571. The van der Waals surface area contributed by atoms with Gasteiger partial charge in [0, 0.05) is 25.7 Å². The first kappa shape index (κ1) is 11.3. The maximum atomic E-state index is 12.4. The molecule has 1 aromatic heterocycles. The van der Waals surface area contributed by atoms with Gasteiger partial charge in [-0.3, -0.25) is 4.68 Å². The van der Waals surface area contributed by atoms with Crippen LogP contribution in [0.5, 0.6) is 0 Å². The summed E-state index contributed by atoms with van der Waals surface area (Å²) in [5.74, 6) is 0. The Bertz CT molecular complexity index is 345. The van der Waals surface area contributed by atoms with E-state index in [-0.39, 0.29) is 24.5 Å². The van der Waals surface area contributed by atoms with E-state index in [0.717, 1.165) is 0 Å². The number of halogens is 4. The van der Waals surface area contributed by atoms with Crippen LogP contribution in [0, 0.1) is 0 Å². The highest BCUT2D eigenvalue weighted by Crippen LogP contribution is 2.33. The molecule has 0 aliphatic carbocycles. The molecular weight excluding hydrogens is 219 g/mol. The zero-order chi connectivity index (χ0) is 9.64. The van der Waals surface area contributed by atoms with Crippen molar-refractivity contribution in [1.82, 2.24) is 15.1 Å². The second-order valence-electron chi connectivity index (χ2n) is 3.00. The van der Waals surface area contributed by atoms with Crippen LogP contribution < -0.4 is 5.32 Å². The molecule has 0 unspecified atom stereocenters. The predicted molar refractivity (Wildman–Crippen MR) is 46.0 cm³/mol. The quantitative estimate of drug-likeness (QED) is 0.727. The number of hydrogen-bond acceptors (Lipinski definition) is 2. The van der Waals surface area contributed by atoms with Gasteiger partial charge in [-0.1, -0.05) is 0 Å². The van der Waals surface area contributed by atoms with Gasteiger partial charge in [-0.05, 0) is 0 Å². The van der Waals surface area contributed by atoms with E-state index in [2.05, 4.69) is 10.4 Å². The lowest BCUT2D eigenvalue weighted by atomic mass is 10.2. The fourth-order valence-electron chi connectivity index (χ4n) is 1.54. The molecule has 0 spiro atoms. The Labute approximate surface area is 84.7 Å². The van der Waals surface area contributed by atoms with Crippen LogP contribution in [0.2, 0.25) is 0 Å². The van der Waals surface area contributed by atoms with E-state index in [4.69, 9.17) is 0 Å². The zero-order valence-corrected chi connectivity index (χ0v) is 8.17. The Kier molecular flexibility index (Phi) is 2.78. The molecule has 0 amide bonds. The molecule has 0 atom stereocenters. The molecule has 0 saturated heterocycles. The van der Waals surface area contributed by atoms with Crippen LogP contribution in [0.3, 0.4) is 0 Å². The second kappa shape index (κ2) is 3.43. The van der Waals surface area contributed by atoms with Crippen molar-refractivity contribution in [2.24, 2.45) is 7.05 Å². The number of hydrogen-bond donors (Lipinski definition) is 1. The van der Waals surface area contributed by atoms with Crippen molar-refractivity contribution < 1.29 is 13.2 Å². The highest BCUT2D eigenvalue weighted by molar-refractivity contribution is 5.85. The number of nitrogens with one attached hydrogen (secondary N) is 1. The minimum absolute atomic E-state index is 0. The van der Waals surface area contributed by atoms with Gasteiger partial charge in [0.2, 0.25) is 0 Å². The van der Waals surface area contributed by atoms with Gasteiger partial charge in [0.25, 0.3) is 0 Å². The second-order valence-corrected chi connectivity index (χ2v) is 3.00. The predicted octanol–water partition coefficient (Wildman–Crippen LogP) is 1.46. The van der Waals surface area contributed by atoms with Crippen molar-refractivity contribution in [2.45, 2.75) is 19.3 Å². The average molecular weight is 228 g/mol. The van der Waals surface area contributed by atoms with Crippen LogP contribution >= 0.6 is 12.4 Å². The van der Waals surface area contributed by atoms with Crippen LogP contribution in [0.15, 0.2) is 0 Å². The van der Waals surface area contributed by atoms with E-state index in [9.17, 15) is 13.2 Å². The van der Waals surface area contributed by atoms with Crippen molar-refractivity contribution >= 4 is 12.4 Å². The van der Waals surface area contributed by atoms with Gasteiger partial charge in [-0.25, -0.2) is 0 Å². The van der Waals surface area contributed by atoms with E-state index in [1.807, 2.05) is 0 Å². The molecule has 1 aromatic rings. The standard InChI is InChI=1S/C7H8F3N3.ClH/c1-13-5-3-11-2-4(5)6(12-13)7(8,9)10;/h11H,2-3H2,1H3;1H. The number of aromatic nitrogens is 2. The van der Waals surface area contributed by atoms with Crippen molar-refractivity contribution in [2.75, 3.05) is 0 Å². The summed E-state index contributed by atoms with van der Waals surface area (Å²) in [5, 5.41) is 6.32. The molecule has 0 fully saturated rings. The Balaban J connectivity index is 0.000000980. The molecule has 80 valence electrons. The van der Waals surface area contributed by atoms with E-state index in [1.165, 1.54) is 11.7 Å². The number of rotatable bonds is 0. The molecule has 0 radical (unpaired) electrons. The summed E-state index contributed by atoms with van der Waals surface area (Å²) < 4.78 is 38.3. The summed E-state index contributed by atoms with van der Waals surface area (Å²) >= 11 is 0. The normalized spacial score (nSPS) is 15.1. The molecule has 0 bridgehead atoms. The third kappa shape index (κ3) is 1.59. The molecule has 1 N–H and O–H groups in total. The van der Waals surface area contributed by atoms with Crippen LogP contribution in [0.25, 0.3) is 0 Å². The molecule has 2 heterocycles. The summed E-state index contributed by atoms with van der Waals surface area (Å²) in [4.78, 5) is 0. The highest BCUT2D eigenvalue weighted by Gasteiger charge is 2.39. The fourth-order valence-corrected chi connectivity index (χ4v) is 1.54. The van der Waals surface area contributed by atoms with Crippen molar-refractivity contribution in [3.05, 3.63) is 17.0 Å². The van der Waals surface area contributed by atoms with Gasteiger partial charge < -0.3 is 5.32 Å². The summed E-state index contributed by atoms with van der Waals surface area (Å²) in [6.07, 6.45) is -4.34. The lowest BCUT2D eigenvalue weighted by Crippen LogP contribution is -2.12. The molecule has 14 heavy (non-hydrogen) atoms. The van der Waals surface area contributed by atoms with Crippen molar-refractivity contribution in [1.29, 1.82) is 0 Å². The summed E-state index contributed by atoms with van der Waals surface area (Å²) in [5.41, 5.74) is 0.164. The molecule has 1 aliphatic rings.